The van der Waals surface area contributed by atoms with Crippen molar-refractivity contribution in [2.75, 3.05) is 26.2 Å². The highest BCUT2D eigenvalue weighted by Gasteiger charge is 2.24. The SMILES string of the molecule is O=C(c1cc(-c2ccccc2)n[nH]1)N1CCN(Cc2nc3ccccc3s2)CC1. The smallest absolute Gasteiger partial charge is 0.271 e. The van der Waals surface area contributed by atoms with E-state index in [4.69, 9.17) is 4.98 Å². The van der Waals surface area contributed by atoms with E-state index in [9.17, 15) is 4.79 Å². The second-order valence-electron chi connectivity index (χ2n) is 7.18. The van der Waals surface area contributed by atoms with Gasteiger partial charge in [-0.15, -0.1) is 11.3 Å². The standard InChI is InChI=1S/C22H21N5OS/c28-22(19-14-18(24-25-19)16-6-2-1-3-7-16)27-12-10-26(11-13-27)15-21-23-17-8-4-5-9-20(17)29-21/h1-9,14H,10-13,15H2,(H,24,25). The number of fused-ring (bicyclic) bond motifs is 1. The van der Waals surface area contributed by atoms with Crippen LogP contribution in [-0.2, 0) is 6.54 Å². The van der Waals surface area contributed by atoms with E-state index in [0.717, 1.165) is 41.4 Å². The van der Waals surface area contributed by atoms with Crippen LogP contribution in [0.1, 0.15) is 15.5 Å². The number of carbonyl (C=O) groups excluding carboxylic acids is 1. The molecule has 1 N–H and O–H groups in total. The number of rotatable bonds is 4. The number of benzene rings is 2. The number of nitrogens with one attached hydrogen (secondary N) is 1. The molecule has 1 aliphatic rings. The molecule has 146 valence electrons. The lowest BCUT2D eigenvalue weighted by Crippen LogP contribution is -2.48. The number of hydrogen-bond acceptors (Lipinski definition) is 5. The zero-order valence-corrected chi connectivity index (χ0v) is 16.7. The number of H-pyrrole nitrogens is 1. The van der Waals surface area contributed by atoms with Gasteiger partial charge in [0.1, 0.15) is 10.7 Å². The van der Waals surface area contributed by atoms with Gasteiger partial charge in [0, 0.05) is 31.7 Å². The number of carbonyl (C=O) groups is 1. The predicted octanol–water partition coefficient (Wildman–Crippen LogP) is 3.64. The van der Waals surface area contributed by atoms with Gasteiger partial charge in [-0.3, -0.25) is 14.8 Å². The Bertz CT molecular complexity index is 1100. The molecule has 3 heterocycles. The van der Waals surface area contributed by atoms with Crippen LogP contribution in [0.15, 0.2) is 60.7 Å². The van der Waals surface area contributed by atoms with Gasteiger partial charge < -0.3 is 4.90 Å². The quantitative estimate of drug-likeness (QED) is 0.565. The molecular formula is C22H21N5OS. The third-order valence-electron chi connectivity index (χ3n) is 5.23. The maximum absolute atomic E-state index is 12.9. The monoisotopic (exact) mass is 403 g/mol. The van der Waals surface area contributed by atoms with Crippen molar-refractivity contribution < 1.29 is 4.79 Å². The van der Waals surface area contributed by atoms with Gasteiger partial charge in [0.15, 0.2) is 0 Å². The summed E-state index contributed by atoms with van der Waals surface area (Å²) >= 11 is 1.75. The molecule has 1 amide bonds. The number of para-hydroxylation sites is 1. The van der Waals surface area contributed by atoms with Crippen LogP contribution < -0.4 is 0 Å². The lowest BCUT2D eigenvalue weighted by molar-refractivity contribution is 0.0622. The Morgan fingerprint density at radius 1 is 1.00 bits per heavy atom. The molecule has 1 saturated heterocycles. The maximum atomic E-state index is 12.9. The topological polar surface area (TPSA) is 65.1 Å². The van der Waals surface area contributed by atoms with E-state index in [-0.39, 0.29) is 5.91 Å². The predicted molar refractivity (Wildman–Crippen MR) is 115 cm³/mol. The lowest BCUT2D eigenvalue weighted by atomic mass is 10.1. The summed E-state index contributed by atoms with van der Waals surface area (Å²) in [5.41, 5.74) is 3.41. The summed E-state index contributed by atoms with van der Waals surface area (Å²) in [6.07, 6.45) is 0. The van der Waals surface area contributed by atoms with Crippen LogP contribution in [0.25, 0.3) is 21.5 Å². The van der Waals surface area contributed by atoms with E-state index in [2.05, 4.69) is 27.2 Å². The van der Waals surface area contributed by atoms with Crippen molar-refractivity contribution >= 4 is 27.5 Å². The average Bonchev–Trinajstić information content (AvgIpc) is 3.41. The molecule has 5 rings (SSSR count). The van der Waals surface area contributed by atoms with Gasteiger partial charge >= 0.3 is 0 Å². The zero-order valence-electron chi connectivity index (χ0n) is 15.9. The molecule has 0 aliphatic carbocycles. The minimum Gasteiger partial charge on any atom is -0.335 e. The third-order valence-corrected chi connectivity index (χ3v) is 6.26. The molecule has 2 aromatic carbocycles. The average molecular weight is 404 g/mol. The van der Waals surface area contributed by atoms with Crippen molar-refractivity contribution in [3.8, 4) is 11.3 Å². The zero-order chi connectivity index (χ0) is 19.6. The molecule has 0 saturated carbocycles. The molecule has 0 spiro atoms. The fraction of sp³-hybridized carbons (Fsp3) is 0.227. The summed E-state index contributed by atoms with van der Waals surface area (Å²) in [6.45, 7) is 3.96. The summed E-state index contributed by atoms with van der Waals surface area (Å²) in [5.74, 6) is 0.0133. The molecule has 4 aromatic rings. The highest BCUT2D eigenvalue weighted by Crippen LogP contribution is 2.23. The van der Waals surface area contributed by atoms with Crippen LogP contribution in [0.4, 0.5) is 0 Å². The van der Waals surface area contributed by atoms with Gasteiger partial charge in [0.25, 0.3) is 5.91 Å². The second-order valence-corrected chi connectivity index (χ2v) is 8.29. The number of aromatic nitrogens is 3. The van der Waals surface area contributed by atoms with E-state index in [1.165, 1.54) is 4.70 Å². The lowest BCUT2D eigenvalue weighted by Gasteiger charge is -2.33. The molecule has 0 atom stereocenters. The fourth-order valence-electron chi connectivity index (χ4n) is 3.65. The number of piperazine rings is 1. The van der Waals surface area contributed by atoms with Gasteiger partial charge in [0.05, 0.1) is 22.5 Å². The highest BCUT2D eigenvalue weighted by molar-refractivity contribution is 7.18. The van der Waals surface area contributed by atoms with Crippen molar-refractivity contribution in [3.05, 3.63) is 71.4 Å². The fourth-order valence-corrected chi connectivity index (χ4v) is 4.66. The van der Waals surface area contributed by atoms with Gasteiger partial charge in [-0.2, -0.15) is 5.10 Å². The molecule has 1 aliphatic heterocycles. The Balaban J connectivity index is 1.20. The van der Waals surface area contributed by atoms with Gasteiger partial charge in [-0.05, 0) is 18.2 Å². The molecule has 0 radical (unpaired) electrons. The van der Waals surface area contributed by atoms with Crippen LogP contribution in [-0.4, -0.2) is 57.1 Å². The Morgan fingerprint density at radius 2 is 1.76 bits per heavy atom. The molecule has 0 bridgehead atoms. The normalized spacial score (nSPS) is 15.1. The van der Waals surface area contributed by atoms with E-state index in [0.29, 0.717) is 18.8 Å². The Kier molecular flexibility index (Phi) is 4.83. The van der Waals surface area contributed by atoms with Crippen LogP contribution in [0.3, 0.4) is 0 Å². The Morgan fingerprint density at radius 3 is 2.55 bits per heavy atom. The van der Waals surface area contributed by atoms with Crippen molar-refractivity contribution in [2.45, 2.75) is 6.54 Å². The van der Waals surface area contributed by atoms with Crippen LogP contribution in [0.5, 0.6) is 0 Å². The van der Waals surface area contributed by atoms with Crippen LogP contribution >= 0.6 is 11.3 Å². The van der Waals surface area contributed by atoms with Crippen molar-refractivity contribution in [3.63, 3.8) is 0 Å². The van der Waals surface area contributed by atoms with E-state index >= 15 is 0 Å². The third kappa shape index (κ3) is 3.79. The molecular weight excluding hydrogens is 382 g/mol. The summed E-state index contributed by atoms with van der Waals surface area (Å²) in [4.78, 5) is 21.8. The van der Waals surface area contributed by atoms with Crippen molar-refractivity contribution in [1.82, 2.24) is 25.0 Å². The first-order valence-corrected chi connectivity index (χ1v) is 10.5. The first-order chi connectivity index (χ1) is 14.3. The first kappa shape index (κ1) is 18.0. The van der Waals surface area contributed by atoms with E-state index in [1.54, 1.807) is 11.3 Å². The second kappa shape index (κ2) is 7.77. The summed E-state index contributed by atoms with van der Waals surface area (Å²) in [6, 6.07) is 20.0. The molecule has 7 heteroatoms. The summed E-state index contributed by atoms with van der Waals surface area (Å²) < 4.78 is 1.23. The van der Waals surface area contributed by atoms with Gasteiger partial charge in [-0.25, -0.2) is 4.98 Å². The number of amides is 1. The minimum absolute atomic E-state index is 0.0133. The number of hydrogen-bond donors (Lipinski definition) is 1. The van der Waals surface area contributed by atoms with E-state index in [1.807, 2.05) is 53.4 Å². The highest BCUT2D eigenvalue weighted by atomic mass is 32.1. The molecule has 0 unspecified atom stereocenters. The molecule has 1 fully saturated rings. The minimum atomic E-state index is 0.0133. The van der Waals surface area contributed by atoms with Crippen LogP contribution in [0, 0.1) is 0 Å². The van der Waals surface area contributed by atoms with Crippen molar-refractivity contribution in [1.29, 1.82) is 0 Å². The van der Waals surface area contributed by atoms with Crippen LogP contribution in [0.2, 0.25) is 0 Å². The van der Waals surface area contributed by atoms with E-state index < -0.39 is 0 Å². The molecule has 29 heavy (non-hydrogen) atoms. The Hall–Kier alpha value is -3.03. The van der Waals surface area contributed by atoms with Gasteiger partial charge in [0.2, 0.25) is 0 Å². The Labute approximate surface area is 172 Å². The number of aromatic amines is 1. The van der Waals surface area contributed by atoms with Gasteiger partial charge in [-0.1, -0.05) is 42.5 Å². The summed E-state index contributed by atoms with van der Waals surface area (Å²) in [7, 11) is 0. The molecule has 2 aromatic heterocycles. The first-order valence-electron chi connectivity index (χ1n) is 9.73. The molecule has 6 nitrogen and oxygen atoms in total. The summed E-state index contributed by atoms with van der Waals surface area (Å²) in [5, 5.41) is 8.34. The largest absolute Gasteiger partial charge is 0.335 e. The maximum Gasteiger partial charge on any atom is 0.271 e. The van der Waals surface area contributed by atoms with Crippen molar-refractivity contribution in [2.24, 2.45) is 0 Å². The number of nitrogens with zero attached hydrogens (tertiary/aromatic N) is 4. The number of thiazole rings is 1.